The molecular formula is C36H46Br2N4. The van der Waals surface area contributed by atoms with Gasteiger partial charge in [-0.1, -0.05) is 29.7 Å². The van der Waals surface area contributed by atoms with Crippen molar-refractivity contribution in [1.29, 1.82) is 0 Å². The van der Waals surface area contributed by atoms with Gasteiger partial charge in [-0.25, -0.2) is 9.14 Å². The van der Waals surface area contributed by atoms with Crippen LogP contribution in [0.5, 0.6) is 0 Å². The molecule has 0 aliphatic carbocycles. The molecule has 2 aromatic rings. The highest BCUT2D eigenvalue weighted by molar-refractivity contribution is 5.58. The third-order valence-corrected chi connectivity index (χ3v) is 8.71. The molecule has 42 heavy (non-hydrogen) atoms. The molecule has 0 spiro atoms. The molecule has 0 saturated carbocycles. The summed E-state index contributed by atoms with van der Waals surface area (Å²) in [5.74, 6) is 14.1. The second-order valence-electron chi connectivity index (χ2n) is 11.8. The molecule has 4 nitrogen and oxygen atoms in total. The SMILES string of the molecule is CN1CCC[C@H]1c1ccc[n+](CCCC#Cc2cccc(C#CCCC[N+]3=CC([C@@H]4CCCN4C)CC=C3)c2)c1.[Br-].[Br-]. The molecule has 0 bridgehead atoms. The van der Waals surface area contributed by atoms with Gasteiger partial charge >= 0.3 is 0 Å². The minimum Gasteiger partial charge on any atom is -1.00 e. The Morgan fingerprint density at radius 3 is 2.26 bits per heavy atom. The highest BCUT2D eigenvalue weighted by atomic mass is 79.9. The molecule has 3 aliphatic heterocycles. The molecule has 1 unspecified atom stereocenters. The summed E-state index contributed by atoms with van der Waals surface area (Å²) in [6, 6.07) is 14.1. The lowest BCUT2D eigenvalue weighted by atomic mass is 9.94. The number of aryl methyl sites for hydroxylation is 1. The topological polar surface area (TPSA) is 13.4 Å². The Balaban J connectivity index is 0.00000242. The van der Waals surface area contributed by atoms with Crippen LogP contribution in [-0.4, -0.2) is 60.4 Å². The van der Waals surface area contributed by atoms with Crippen molar-refractivity contribution in [3.63, 3.8) is 0 Å². The van der Waals surface area contributed by atoms with Gasteiger partial charge < -0.3 is 38.9 Å². The number of unbranched alkanes of at least 4 members (excludes halogenated alkanes) is 2. The van der Waals surface area contributed by atoms with E-state index in [-0.39, 0.29) is 34.0 Å². The quantitative estimate of drug-likeness (QED) is 0.209. The van der Waals surface area contributed by atoms with Crippen LogP contribution in [0.1, 0.15) is 80.5 Å². The maximum atomic E-state index is 3.39. The molecular weight excluding hydrogens is 648 g/mol. The van der Waals surface area contributed by atoms with Crippen molar-refractivity contribution in [2.45, 2.75) is 76.4 Å². The molecule has 2 saturated heterocycles. The van der Waals surface area contributed by atoms with Gasteiger partial charge in [0.15, 0.2) is 18.6 Å². The summed E-state index contributed by atoms with van der Waals surface area (Å²) >= 11 is 0. The number of aromatic nitrogens is 1. The average Bonchev–Trinajstić information content (AvgIpc) is 3.61. The van der Waals surface area contributed by atoms with Gasteiger partial charge in [0.1, 0.15) is 19.3 Å². The standard InChI is InChI=1S/C36H46N4.2BrH/c1-37-22-12-20-35(37)33-18-10-26-39(29-33)24-7-3-5-14-31-16-9-17-32(28-31)15-6-4-8-25-40-27-11-19-34(30-40)36-21-13-23-38(36)2;;/h9-11,16-18,26-30,34-36H,3-4,7-8,12-13,19-25H2,1-2H3;2*1H/q+2;;/p-2/t34?,35-,36-;;/m0../s1. The van der Waals surface area contributed by atoms with Crippen molar-refractivity contribution in [3.05, 3.63) is 77.8 Å². The molecule has 0 radical (unpaired) electrons. The monoisotopic (exact) mass is 692 g/mol. The van der Waals surface area contributed by atoms with Crippen LogP contribution in [-0.2, 0) is 6.54 Å². The van der Waals surface area contributed by atoms with Crippen LogP contribution >= 0.6 is 0 Å². The molecule has 3 atom stereocenters. The van der Waals surface area contributed by atoms with Crippen molar-refractivity contribution < 1.29 is 43.1 Å². The summed E-state index contributed by atoms with van der Waals surface area (Å²) in [4.78, 5) is 5.01. The second kappa shape index (κ2) is 17.8. The van der Waals surface area contributed by atoms with Crippen LogP contribution in [0.4, 0.5) is 0 Å². The van der Waals surface area contributed by atoms with E-state index >= 15 is 0 Å². The molecule has 6 heteroatoms. The number of nitrogens with zero attached hydrogens (tertiary/aromatic N) is 4. The lowest BCUT2D eigenvalue weighted by Gasteiger charge is -2.25. The minimum absolute atomic E-state index is 0. The van der Waals surface area contributed by atoms with Gasteiger partial charge in [-0.3, -0.25) is 4.90 Å². The Labute approximate surface area is 275 Å². The number of halogens is 2. The molecule has 224 valence electrons. The first-order valence-corrected chi connectivity index (χ1v) is 15.4. The van der Waals surface area contributed by atoms with E-state index in [1.54, 1.807) is 0 Å². The Morgan fingerprint density at radius 1 is 0.857 bits per heavy atom. The Morgan fingerprint density at radius 2 is 1.57 bits per heavy atom. The van der Waals surface area contributed by atoms with Gasteiger partial charge in [-0.05, 0) is 89.6 Å². The van der Waals surface area contributed by atoms with E-state index < -0.39 is 0 Å². The molecule has 4 heterocycles. The highest BCUT2D eigenvalue weighted by Crippen LogP contribution is 2.29. The van der Waals surface area contributed by atoms with Crippen molar-refractivity contribution in [2.75, 3.05) is 33.7 Å². The fourth-order valence-electron chi connectivity index (χ4n) is 6.51. The number of likely N-dealkylation sites (tertiary alicyclic amines) is 2. The van der Waals surface area contributed by atoms with E-state index in [0.29, 0.717) is 18.0 Å². The van der Waals surface area contributed by atoms with Gasteiger partial charge in [-0.15, -0.1) is 0 Å². The predicted molar refractivity (Wildman–Crippen MR) is 164 cm³/mol. The summed E-state index contributed by atoms with van der Waals surface area (Å²) in [5, 5.41) is 0. The summed E-state index contributed by atoms with van der Waals surface area (Å²) in [6.45, 7) is 4.50. The van der Waals surface area contributed by atoms with Crippen LogP contribution < -0.4 is 38.5 Å². The van der Waals surface area contributed by atoms with Crippen LogP contribution in [0.15, 0.2) is 61.1 Å². The minimum atomic E-state index is 0. The Hall–Kier alpha value is -2.22. The first-order chi connectivity index (χ1) is 19.7. The molecule has 2 fully saturated rings. The van der Waals surface area contributed by atoms with E-state index in [1.165, 1.54) is 50.8 Å². The first-order valence-electron chi connectivity index (χ1n) is 15.4. The summed E-state index contributed by atoms with van der Waals surface area (Å²) in [7, 11) is 4.52. The van der Waals surface area contributed by atoms with Gasteiger partial charge in [0.2, 0.25) is 0 Å². The van der Waals surface area contributed by atoms with Gasteiger partial charge in [0, 0.05) is 60.5 Å². The maximum Gasteiger partial charge on any atom is 0.173 e. The normalized spacial score (nSPS) is 21.8. The van der Waals surface area contributed by atoms with Gasteiger partial charge in [0.25, 0.3) is 0 Å². The maximum absolute atomic E-state index is 3.39. The first kappa shape index (κ1) is 34.3. The number of allylic oxidation sites excluding steroid dienone is 1. The van der Waals surface area contributed by atoms with Crippen LogP contribution in [0.2, 0.25) is 0 Å². The lowest BCUT2D eigenvalue weighted by molar-refractivity contribution is -0.697. The third kappa shape index (κ3) is 9.92. The van der Waals surface area contributed by atoms with E-state index in [0.717, 1.165) is 49.9 Å². The zero-order chi connectivity index (χ0) is 27.6. The number of pyridine rings is 1. The lowest BCUT2D eigenvalue weighted by Crippen LogP contribution is -3.00. The van der Waals surface area contributed by atoms with E-state index in [1.807, 2.05) is 0 Å². The van der Waals surface area contributed by atoms with E-state index in [4.69, 9.17) is 0 Å². The molecule has 3 aliphatic rings. The average molecular weight is 695 g/mol. The molecule has 0 N–H and O–H groups in total. The second-order valence-corrected chi connectivity index (χ2v) is 11.8. The number of rotatable bonds is 8. The highest BCUT2D eigenvalue weighted by Gasteiger charge is 2.31. The molecule has 1 aromatic carbocycles. The fourth-order valence-corrected chi connectivity index (χ4v) is 6.51. The predicted octanol–water partition coefficient (Wildman–Crippen LogP) is -0.576. The third-order valence-electron chi connectivity index (χ3n) is 8.71. The van der Waals surface area contributed by atoms with Crippen LogP contribution in [0.25, 0.3) is 0 Å². The van der Waals surface area contributed by atoms with E-state index in [2.05, 4.69) is 124 Å². The van der Waals surface area contributed by atoms with Crippen molar-refractivity contribution >= 4 is 6.21 Å². The Bertz CT molecular complexity index is 1330. The summed E-state index contributed by atoms with van der Waals surface area (Å²) < 4.78 is 4.72. The fraction of sp³-hybridized carbons (Fsp3) is 0.500. The van der Waals surface area contributed by atoms with E-state index in [9.17, 15) is 0 Å². The molecule has 1 aromatic heterocycles. The van der Waals surface area contributed by atoms with Gasteiger partial charge in [-0.2, -0.15) is 0 Å². The number of hydrogen-bond acceptors (Lipinski definition) is 2. The van der Waals surface area contributed by atoms with Crippen molar-refractivity contribution in [1.82, 2.24) is 9.80 Å². The molecule has 5 rings (SSSR count). The van der Waals surface area contributed by atoms with Gasteiger partial charge in [0.05, 0.1) is 5.92 Å². The smallest absolute Gasteiger partial charge is 0.173 e. The summed E-state index contributed by atoms with van der Waals surface area (Å²) in [5.41, 5.74) is 3.56. The zero-order valence-corrected chi connectivity index (χ0v) is 28.5. The zero-order valence-electron chi connectivity index (χ0n) is 25.3. The van der Waals surface area contributed by atoms with Crippen molar-refractivity contribution in [3.8, 4) is 23.7 Å². The summed E-state index contributed by atoms with van der Waals surface area (Å²) in [6.07, 6.45) is 21.9. The largest absolute Gasteiger partial charge is 1.00 e. The van der Waals surface area contributed by atoms with Crippen LogP contribution in [0, 0.1) is 29.6 Å². The number of hydrogen-bond donors (Lipinski definition) is 0. The number of benzene rings is 1. The molecule has 0 amide bonds. The van der Waals surface area contributed by atoms with Crippen LogP contribution in [0.3, 0.4) is 0 Å². The van der Waals surface area contributed by atoms with Crippen molar-refractivity contribution in [2.24, 2.45) is 5.92 Å². The Kier molecular flexibility index (Phi) is 14.5.